The van der Waals surface area contributed by atoms with Crippen LogP contribution in [0.5, 0.6) is 0 Å². The zero-order chi connectivity index (χ0) is 20.4. The summed E-state index contributed by atoms with van der Waals surface area (Å²) in [6.45, 7) is 3.53. The number of hydrogen-bond acceptors (Lipinski definition) is 2. The number of likely N-dealkylation sites (tertiary alicyclic amines) is 1. The van der Waals surface area contributed by atoms with Crippen molar-refractivity contribution >= 4 is 22.6 Å². The van der Waals surface area contributed by atoms with Gasteiger partial charge in [0, 0.05) is 55.1 Å². The molecule has 3 aromatic rings. The van der Waals surface area contributed by atoms with Crippen molar-refractivity contribution < 1.29 is 9.59 Å². The van der Waals surface area contributed by atoms with Crippen molar-refractivity contribution in [3.63, 3.8) is 0 Å². The lowest BCUT2D eigenvalue weighted by Gasteiger charge is -2.32. The summed E-state index contributed by atoms with van der Waals surface area (Å²) in [5, 5.41) is 0.980. The molecule has 4 rings (SSSR count). The quantitative estimate of drug-likeness (QED) is 0.586. The van der Waals surface area contributed by atoms with Crippen LogP contribution in [0.3, 0.4) is 0 Å². The average Bonchev–Trinajstić information content (AvgIpc) is 3.03. The summed E-state index contributed by atoms with van der Waals surface area (Å²) in [4.78, 5) is 27.6. The van der Waals surface area contributed by atoms with Crippen LogP contribution in [0.25, 0.3) is 10.9 Å². The molecule has 1 aliphatic rings. The first-order chi connectivity index (χ1) is 14.1. The molecule has 4 nitrogen and oxygen atoms in total. The number of benzene rings is 2. The number of Topliss-reactive ketones (excluding diaryl/α,β-unsaturated/α-hetero) is 1. The Balaban J connectivity index is 1.36. The number of carbonyl (C=O) groups excluding carboxylic acids is 2. The van der Waals surface area contributed by atoms with Crippen molar-refractivity contribution in [2.24, 2.45) is 7.05 Å². The molecule has 0 radical (unpaired) electrons. The number of ketones is 1. The monoisotopic (exact) mass is 388 g/mol. The fraction of sp³-hybridized carbons (Fsp3) is 0.360. The Labute approximate surface area is 172 Å². The molecule has 1 aliphatic heterocycles. The van der Waals surface area contributed by atoms with Crippen LogP contribution in [-0.4, -0.2) is 34.2 Å². The molecule has 29 heavy (non-hydrogen) atoms. The summed E-state index contributed by atoms with van der Waals surface area (Å²) in [5.41, 5.74) is 4.15. The van der Waals surface area contributed by atoms with E-state index in [-0.39, 0.29) is 24.5 Å². The predicted octanol–water partition coefficient (Wildman–Crippen LogP) is 4.86. The molecule has 2 heterocycles. The van der Waals surface area contributed by atoms with Crippen LogP contribution < -0.4 is 0 Å². The SMILES string of the molecule is Cc1c(C(=O)CCC(=O)N2CCC(c3ccccc3)CC2)c2ccccc2n1C. The van der Waals surface area contributed by atoms with E-state index in [0.717, 1.165) is 48.1 Å². The Morgan fingerprint density at radius 2 is 1.59 bits per heavy atom. The first-order valence-electron chi connectivity index (χ1n) is 10.5. The highest BCUT2D eigenvalue weighted by Crippen LogP contribution is 2.29. The van der Waals surface area contributed by atoms with Gasteiger partial charge in [0.1, 0.15) is 0 Å². The van der Waals surface area contributed by atoms with E-state index < -0.39 is 0 Å². The van der Waals surface area contributed by atoms with Crippen LogP contribution in [0, 0.1) is 6.92 Å². The van der Waals surface area contributed by atoms with Gasteiger partial charge in [-0.05, 0) is 37.3 Å². The molecule has 0 unspecified atom stereocenters. The second-order valence-corrected chi connectivity index (χ2v) is 8.03. The maximum Gasteiger partial charge on any atom is 0.223 e. The molecule has 150 valence electrons. The lowest BCUT2D eigenvalue weighted by atomic mass is 9.89. The molecule has 0 spiro atoms. The molecule has 1 saturated heterocycles. The Morgan fingerprint density at radius 3 is 2.31 bits per heavy atom. The van der Waals surface area contributed by atoms with E-state index in [2.05, 4.69) is 28.8 Å². The summed E-state index contributed by atoms with van der Waals surface area (Å²) >= 11 is 0. The zero-order valence-corrected chi connectivity index (χ0v) is 17.2. The Hall–Kier alpha value is -2.88. The Bertz CT molecular complexity index is 1030. The van der Waals surface area contributed by atoms with Crippen LogP contribution in [0.1, 0.15) is 53.2 Å². The van der Waals surface area contributed by atoms with E-state index in [1.54, 1.807) is 0 Å². The molecule has 0 saturated carbocycles. The lowest BCUT2D eigenvalue weighted by molar-refractivity contribution is -0.132. The summed E-state index contributed by atoms with van der Waals surface area (Å²) in [7, 11) is 1.98. The number of para-hydroxylation sites is 1. The normalized spacial score (nSPS) is 15.0. The molecule has 1 fully saturated rings. The summed E-state index contributed by atoms with van der Waals surface area (Å²) in [6, 6.07) is 18.5. The number of aryl methyl sites for hydroxylation is 1. The van der Waals surface area contributed by atoms with E-state index in [1.807, 2.05) is 49.2 Å². The number of piperidine rings is 1. The van der Waals surface area contributed by atoms with Gasteiger partial charge in [-0.25, -0.2) is 0 Å². The summed E-state index contributed by atoms with van der Waals surface area (Å²) < 4.78 is 2.05. The second kappa shape index (κ2) is 8.24. The highest BCUT2D eigenvalue weighted by molar-refractivity contribution is 6.10. The lowest BCUT2D eigenvalue weighted by Crippen LogP contribution is -2.38. The first-order valence-corrected chi connectivity index (χ1v) is 10.5. The molecular formula is C25H28N2O2. The van der Waals surface area contributed by atoms with Gasteiger partial charge in [0.05, 0.1) is 0 Å². The van der Waals surface area contributed by atoms with Crippen molar-refractivity contribution in [2.75, 3.05) is 13.1 Å². The predicted molar refractivity (Wildman–Crippen MR) is 116 cm³/mol. The number of rotatable bonds is 5. The van der Waals surface area contributed by atoms with Crippen LogP contribution >= 0.6 is 0 Å². The van der Waals surface area contributed by atoms with Gasteiger partial charge in [-0.3, -0.25) is 9.59 Å². The van der Waals surface area contributed by atoms with Gasteiger partial charge in [0.2, 0.25) is 5.91 Å². The second-order valence-electron chi connectivity index (χ2n) is 8.03. The first kappa shape index (κ1) is 19.4. The van der Waals surface area contributed by atoms with E-state index in [9.17, 15) is 9.59 Å². The van der Waals surface area contributed by atoms with E-state index in [1.165, 1.54) is 5.56 Å². The van der Waals surface area contributed by atoms with Crippen LogP contribution in [0.2, 0.25) is 0 Å². The van der Waals surface area contributed by atoms with Gasteiger partial charge in [-0.2, -0.15) is 0 Å². The Morgan fingerprint density at radius 1 is 0.931 bits per heavy atom. The van der Waals surface area contributed by atoms with E-state index in [4.69, 9.17) is 0 Å². The highest BCUT2D eigenvalue weighted by Gasteiger charge is 2.25. The van der Waals surface area contributed by atoms with Crippen molar-refractivity contribution in [2.45, 2.75) is 38.5 Å². The topological polar surface area (TPSA) is 42.3 Å². The van der Waals surface area contributed by atoms with Crippen molar-refractivity contribution in [1.29, 1.82) is 0 Å². The van der Waals surface area contributed by atoms with Crippen LogP contribution in [0.4, 0.5) is 0 Å². The smallest absolute Gasteiger partial charge is 0.223 e. The molecule has 1 aromatic heterocycles. The average molecular weight is 389 g/mol. The van der Waals surface area contributed by atoms with Crippen molar-refractivity contribution in [3.05, 3.63) is 71.4 Å². The standard InChI is InChI=1S/C25H28N2O2/c1-18-25(21-10-6-7-11-22(21)26(18)2)23(28)12-13-24(29)27-16-14-20(15-17-27)19-8-4-3-5-9-19/h3-11,20H,12-17H2,1-2H3. The molecule has 0 aliphatic carbocycles. The zero-order valence-electron chi connectivity index (χ0n) is 17.2. The molecule has 0 bridgehead atoms. The van der Waals surface area contributed by atoms with Gasteiger partial charge < -0.3 is 9.47 Å². The molecule has 2 aromatic carbocycles. The fourth-order valence-corrected chi connectivity index (χ4v) is 4.56. The molecular weight excluding hydrogens is 360 g/mol. The maximum atomic E-state index is 12.9. The van der Waals surface area contributed by atoms with Gasteiger partial charge in [0.15, 0.2) is 5.78 Å². The van der Waals surface area contributed by atoms with Crippen LogP contribution in [0.15, 0.2) is 54.6 Å². The van der Waals surface area contributed by atoms with Crippen molar-refractivity contribution in [1.82, 2.24) is 9.47 Å². The van der Waals surface area contributed by atoms with Crippen molar-refractivity contribution in [3.8, 4) is 0 Å². The maximum absolute atomic E-state index is 12.9. The van der Waals surface area contributed by atoms with Gasteiger partial charge in [-0.1, -0.05) is 48.5 Å². The van der Waals surface area contributed by atoms with Gasteiger partial charge in [-0.15, -0.1) is 0 Å². The Kier molecular flexibility index (Phi) is 5.52. The molecule has 0 atom stereocenters. The summed E-state index contributed by atoms with van der Waals surface area (Å²) in [6.07, 6.45) is 2.54. The number of carbonyl (C=O) groups is 2. The minimum atomic E-state index is 0.0619. The fourth-order valence-electron chi connectivity index (χ4n) is 4.56. The number of amides is 1. The molecule has 0 N–H and O–H groups in total. The summed E-state index contributed by atoms with van der Waals surface area (Å²) in [5.74, 6) is 0.690. The third kappa shape index (κ3) is 3.84. The van der Waals surface area contributed by atoms with E-state index in [0.29, 0.717) is 5.92 Å². The largest absolute Gasteiger partial charge is 0.347 e. The number of hydrogen-bond donors (Lipinski definition) is 0. The minimum absolute atomic E-state index is 0.0619. The number of fused-ring (bicyclic) bond motifs is 1. The third-order valence-electron chi connectivity index (χ3n) is 6.36. The third-order valence-corrected chi connectivity index (χ3v) is 6.36. The highest BCUT2D eigenvalue weighted by atomic mass is 16.2. The number of aromatic nitrogens is 1. The van der Waals surface area contributed by atoms with Crippen LogP contribution in [-0.2, 0) is 11.8 Å². The molecule has 1 amide bonds. The minimum Gasteiger partial charge on any atom is -0.347 e. The van der Waals surface area contributed by atoms with E-state index >= 15 is 0 Å². The molecule has 4 heteroatoms. The number of nitrogens with zero attached hydrogens (tertiary/aromatic N) is 2. The van der Waals surface area contributed by atoms with Gasteiger partial charge in [0.25, 0.3) is 0 Å². The van der Waals surface area contributed by atoms with Gasteiger partial charge >= 0.3 is 0 Å².